The molecule has 0 unspecified atom stereocenters. The molecule has 0 radical (unpaired) electrons. The van der Waals surface area contributed by atoms with E-state index in [4.69, 9.17) is 14.2 Å². The minimum absolute atomic E-state index is 0.153. The van der Waals surface area contributed by atoms with Gasteiger partial charge >= 0.3 is 0 Å². The fraction of sp³-hybridized carbons (Fsp3) is 0.227. The van der Waals surface area contributed by atoms with Crippen LogP contribution in [0.4, 0.5) is 5.69 Å². The molecule has 2 aromatic carbocycles. The standard InChI is InChI=1S/C22H22N4O4S/c1-12-5-6-16(28-2)15(7-12)25-19(27)10-31-22-21-20(23-11-24-22)13-8-17(29-3)18(30-4)9-14(13)26-21/h5-9,11,26H,10H2,1-4H3,(H,25,27). The molecule has 2 N–H and O–H groups in total. The van der Waals surface area contributed by atoms with E-state index < -0.39 is 0 Å². The highest BCUT2D eigenvalue weighted by molar-refractivity contribution is 8.00. The number of nitrogens with one attached hydrogen (secondary N) is 2. The summed E-state index contributed by atoms with van der Waals surface area (Å²) in [7, 11) is 4.76. The number of amides is 1. The second kappa shape index (κ2) is 8.73. The van der Waals surface area contributed by atoms with Crippen LogP contribution in [-0.2, 0) is 4.79 Å². The molecule has 0 fully saturated rings. The molecule has 9 heteroatoms. The highest BCUT2D eigenvalue weighted by Crippen LogP contribution is 2.37. The Morgan fingerprint density at radius 1 is 1.03 bits per heavy atom. The molecule has 0 saturated heterocycles. The van der Waals surface area contributed by atoms with Gasteiger partial charge in [-0.05, 0) is 30.7 Å². The van der Waals surface area contributed by atoms with Gasteiger partial charge in [-0.15, -0.1) is 0 Å². The summed E-state index contributed by atoms with van der Waals surface area (Å²) >= 11 is 1.33. The van der Waals surface area contributed by atoms with Crippen LogP contribution in [0, 0.1) is 6.92 Å². The van der Waals surface area contributed by atoms with Crippen molar-refractivity contribution in [2.75, 3.05) is 32.4 Å². The van der Waals surface area contributed by atoms with E-state index in [1.807, 2.05) is 37.3 Å². The van der Waals surface area contributed by atoms with Gasteiger partial charge in [0.05, 0.1) is 43.8 Å². The first-order valence-electron chi connectivity index (χ1n) is 9.49. The third-order valence-electron chi connectivity index (χ3n) is 4.82. The second-order valence-corrected chi connectivity index (χ2v) is 7.78. The summed E-state index contributed by atoms with van der Waals surface area (Å²) in [5, 5.41) is 4.49. The van der Waals surface area contributed by atoms with Crippen molar-refractivity contribution in [1.29, 1.82) is 0 Å². The van der Waals surface area contributed by atoms with Crippen LogP contribution >= 0.6 is 11.8 Å². The lowest BCUT2D eigenvalue weighted by molar-refractivity contribution is -0.113. The Balaban J connectivity index is 1.59. The fourth-order valence-electron chi connectivity index (χ4n) is 3.35. The molecule has 0 saturated carbocycles. The zero-order chi connectivity index (χ0) is 22.0. The molecule has 8 nitrogen and oxygen atoms in total. The molecule has 160 valence electrons. The molecule has 0 atom stereocenters. The molecule has 0 aliphatic carbocycles. The molecular weight excluding hydrogens is 416 g/mol. The van der Waals surface area contributed by atoms with E-state index in [1.165, 1.54) is 18.1 Å². The molecule has 2 aromatic heterocycles. The minimum atomic E-state index is -0.153. The largest absolute Gasteiger partial charge is 0.495 e. The molecule has 0 spiro atoms. The fourth-order valence-corrected chi connectivity index (χ4v) is 4.10. The Bertz CT molecular complexity index is 1270. The van der Waals surface area contributed by atoms with Gasteiger partial charge in [0.2, 0.25) is 5.91 Å². The number of H-pyrrole nitrogens is 1. The number of carbonyl (C=O) groups excluding carboxylic acids is 1. The zero-order valence-corrected chi connectivity index (χ0v) is 18.4. The third-order valence-corrected chi connectivity index (χ3v) is 5.81. The average molecular weight is 439 g/mol. The molecule has 4 rings (SSSR count). The van der Waals surface area contributed by atoms with Gasteiger partial charge in [-0.25, -0.2) is 9.97 Å². The normalized spacial score (nSPS) is 11.0. The number of rotatable bonds is 7. The topological polar surface area (TPSA) is 98.4 Å². The lowest BCUT2D eigenvalue weighted by Gasteiger charge is -2.11. The van der Waals surface area contributed by atoms with Gasteiger partial charge in [0.25, 0.3) is 0 Å². The summed E-state index contributed by atoms with van der Waals surface area (Å²) in [6.45, 7) is 1.96. The molecular formula is C22H22N4O4S. The highest BCUT2D eigenvalue weighted by Gasteiger charge is 2.16. The summed E-state index contributed by atoms with van der Waals surface area (Å²) in [4.78, 5) is 24.7. The van der Waals surface area contributed by atoms with Crippen molar-refractivity contribution in [3.63, 3.8) is 0 Å². The molecule has 0 aliphatic rings. The van der Waals surface area contributed by atoms with Crippen LogP contribution in [0.1, 0.15) is 5.56 Å². The number of methoxy groups -OCH3 is 3. The smallest absolute Gasteiger partial charge is 0.234 e. The van der Waals surface area contributed by atoms with Gasteiger partial charge in [-0.3, -0.25) is 4.79 Å². The van der Waals surface area contributed by atoms with Gasteiger partial charge in [0.1, 0.15) is 22.6 Å². The minimum Gasteiger partial charge on any atom is -0.495 e. The van der Waals surface area contributed by atoms with Gasteiger partial charge in [0.15, 0.2) is 11.5 Å². The van der Waals surface area contributed by atoms with Crippen LogP contribution in [0.25, 0.3) is 21.9 Å². The van der Waals surface area contributed by atoms with Crippen molar-refractivity contribution < 1.29 is 19.0 Å². The number of fused-ring (bicyclic) bond motifs is 3. The Kier molecular flexibility index (Phi) is 5.85. The highest BCUT2D eigenvalue weighted by atomic mass is 32.2. The Hall–Kier alpha value is -3.46. The van der Waals surface area contributed by atoms with Crippen molar-refractivity contribution in [1.82, 2.24) is 15.0 Å². The monoisotopic (exact) mass is 438 g/mol. The third kappa shape index (κ3) is 4.09. The van der Waals surface area contributed by atoms with Gasteiger partial charge < -0.3 is 24.5 Å². The number of carbonyl (C=O) groups is 1. The Morgan fingerprint density at radius 3 is 2.52 bits per heavy atom. The van der Waals surface area contributed by atoms with E-state index in [2.05, 4.69) is 20.3 Å². The molecule has 2 heterocycles. The van der Waals surface area contributed by atoms with Crippen molar-refractivity contribution >= 4 is 45.3 Å². The molecule has 31 heavy (non-hydrogen) atoms. The lowest BCUT2D eigenvalue weighted by Crippen LogP contribution is -2.15. The van der Waals surface area contributed by atoms with Crippen molar-refractivity contribution in [3.05, 3.63) is 42.2 Å². The lowest BCUT2D eigenvalue weighted by atomic mass is 10.2. The summed E-state index contributed by atoms with van der Waals surface area (Å²) in [6, 6.07) is 9.38. The van der Waals surface area contributed by atoms with E-state index in [9.17, 15) is 4.79 Å². The van der Waals surface area contributed by atoms with Crippen LogP contribution in [-0.4, -0.2) is 47.9 Å². The maximum absolute atomic E-state index is 12.6. The van der Waals surface area contributed by atoms with E-state index in [0.717, 1.165) is 27.5 Å². The van der Waals surface area contributed by atoms with Crippen molar-refractivity contribution in [2.45, 2.75) is 11.9 Å². The Morgan fingerprint density at radius 2 is 1.77 bits per heavy atom. The van der Waals surface area contributed by atoms with E-state index in [1.54, 1.807) is 21.3 Å². The van der Waals surface area contributed by atoms with Gasteiger partial charge in [0, 0.05) is 11.5 Å². The SMILES string of the molecule is COc1ccc(C)cc1NC(=O)CSc1ncnc2c1[nH]c1cc(OC)c(OC)cc12. The molecule has 0 aliphatic heterocycles. The maximum Gasteiger partial charge on any atom is 0.234 e. The number of nitrogens with zero attached hydrogens (tertiary/aromatic N) is 2. The molecule has 4 aromatic rings. The summed E-state index contributed by atoms with van der Waals surface area (Å²) in [5.41, 5.74) is 4.05. The number of aromatic nitrogens is 3. The number of anilines is 1. The van der Waals surface area contributed by atoms with E-state index >= 15 is 0 Å². The first kappa shape index (κ1) is 20.8. The average Bonchev–Trinajstić information content (AvgIpc) is 3.15. The number of hydrogen-bond acceptors (Lipinski definition) is 7. The number of aryl methyl sites for hydroxylation is 1. The van der Waals surface area contributed by atoms with Crippen LogP contribution in [0.15, 0.2) is 41.7 Å². The number of aromatic amines is 1. The van der Waals surface area contributed by atoms with Crippen molar-refractivity contribution in [3.8, 4) is 17.2 Å². The first-order valence-corrected chi connectivity index (χ1v) is 10.5. The quantitative estimate of drug-likeness (QED) is 0.330. The van der Waals surface area contributed by atoms with Crippen LogP contribution in [0.3, 0.4) is 0 Å². The van der Waals surface area contributed by atoms with Crippen molar-refractivity contribution in [2.24, 2.45) is 0 Å². The predicted octanol–water partition coefficient (Wildman–Crippen LogP) is 4.18. The summed E-state index contributed by atoms with van der Waals surface area (Å²) < 4.78 is 16.1. The Labute approximate surface area is 183 Å². The first-order chi connectivity index (χ1) is 15.0. The summed E-state index contributed by atoms with van der Waals surface area (Å²) in [5.74, 6) is 1.89. The molecule has 1 amide bonds. The maximum atomic E-state index is 12.6. The zero-order valence-electron chi connectivity index (χ0n) is 17.6. The van der Waals surface area contributed by atoms with E-state index in [-0.39, 0.29) is 11.7 Å². The number of benzene rings is 2. The summed E-state index contributed by atoms with van der Waals surface area (Å²) in [6.07, 6.45) is 1.50. The van der Waals surface area contributed by atoms with Crippen LogP contribution in [0.2, 0.25) is 0 Å². The van der Waals surface area contributed by atoms with Crippen LogP contribution < -0.4 is 19.5 Å². The van der Waals surface area contributed by atoms with Gasteiger partial charge in [-0.1, -0.05) is 17.8 Å². The number of thioether (sulfide) groups is 1. The predicted molar refractivity (Wildman–Crippen MR) is 122 cm³/mol. The second-order valence-electron chi connectivity index (χ2n) is 6.82. The molecule has 0 bridgehead atoms. The van der Waals surface area contributed by atoms with E-state index in [0.29, 0.717) is 28.0 Å². The number of ether oxygens (including phenoxy) is 3. The van der Waals surface area contributed by atoms with Crippen LogP contribution in [0.5, 0.6) is 17.2 Å². The van der Waals surface area contributed by atoms with Gasteiger partial charge in [-0.2, -0.15) is 0 Å². The number of hydrogen-bond donors (Lipinski definition) is 2.